The Labute approximate surface area is 109 Å². The van der Waals surface area contributed by atoms with Crippen molar-refractivity contribution in [1.82, 2.24) is 0 Å². The fraction of sp³-hybridized carbons (Fsp3) is 0. The van der Waals surface area contributed by atoms with Crippen molar-refractivity contribution in [3.8, 4) is 0 Å². The number of hydrogen-bond donors (Lipinski definition) is 0. The Hall–Kier alpha value is 2.12. The van der Waals surface area contributed by atoms with Gasteiger partial charge in [0.05, 0.1) is 0 Å². The zero-order valence-electron chi connectivity index (χ0n) is 4.61. The molecule has 0 saturated heterocycles. The zero-order chi connectivity index (χ0) is 4.00. The molecule has 0 aromatic carbocycles. The van der Waals surface area contributed by atoms with Crippen molar-refractivity contribution in [2.24, 2.45) is 0 Å². The Kier molecular flexibility index (Phi) is 1390. The zero-order valence-corrected chi connectivity index (χ0v) is 13.1. The topological polar surface area (TPSA) is 120 Å². The summed E-state index contributed by atoms with van der Waals surface area (Å²) in [4.78, 5) is 0. The van der Waals surface area contributed by atoms with Gasteiger partial charge in [-0.05, 0) is 0 Å². The van der Waals surface area contributed by atoms with Crippen LogP contribution in [0.25, 0.3) is 0 Å². The van der Waals surface area contributed by atoms with Crippen LogP contribution in [-0.2, 0) is 90.8 Å². The van der Waals surface area contributed by atoms with Gasteiger partial charge < -0.3 is 25.4 Å². The maximum Gasteiger partial charge on any atom is 3.00 e. The molecule has 0 aliphatic heterocycles. The monoisotopic (exact) mass is 318 g/mol. The molecule has 9 heteroatoms. The van der Waals surface area contributed by atoms with E-state index in [0.717, 1.165) is 0 Å². The summed E-state index contributed by atoms with van der Waals surface area (Å²) in [6.07, 6.45) is 0. The molecule has 0 amide bonds. The van der Waals surface area contributed by atoms with Gasteiger partial charge in [0.2, 0.25) is 20.3 Å². The maximum absolute atomic E-state index is 8.28. The summed E-state index contributed by atoms with van der Waals surface area (Å²) in [5, 5.41) is 0. The predicted molar refractivity (Wildman–Crippen MR) is 20.5 cm³/mol. The molecule has 0 aliphatic carbocycles. The van der Waals surface area contributed by atoms with E-state index in [0.29, 0.717) is 20.3 Å². The van der Waals surface area contributed by atoms with Gasteiger partial charge in [-0.2, -0.15) is 0 Å². The molecular formula is H4O5Si2Y2. The van der Waals surface area contributed by atoms with Crippen LogP contribution in [0.2, 0.25) is 0 Å². The Balaban J connectivity index is -0.00000000114. The summed E-state index contributed by atoms with van der Waals surface area (Å²) < 4.78 is 16.6. The van der Waals surface area contributed by atoms with Crippen LogP contribution < -0.4 is 0 Å². The van der Waals surface area contributed by atoms with Gasteiger partial charge in [0, 0.05) is 0 Å². The predicted octanol–water partition coefficient (Wildman–Crippen LogP) is -2.43. The minimum Gasteiger partial charge on any atom is -2.00 e. The van der Waals surface area contributed by atoms with Crippen molar-refractivity contribution in [3.05, 3.63) is 0 Å². The van der Waals surface area contributed by atoms with Crippen molar-refractivity contribution < 1.29 is 90.8 Å². The second-order valence-electron chi connectivity index (χ2n) is 0. The third kappa shape index (κ3) is 148. The minimum atomic E-state index is 0. The van der Waals surface area contributed by atoms with Crippen LogP contribution in [0.4, 0.5) is 0 Å². The average molecular weight is 318 g/mol. The fourth-order valence-electron chi connectivity index (χ4n) is 0. The Morgan fingerprint density at radius 3 is 0.556 bits per heavy atom. The SMILES string of the molecule is O=[SiH2].O=[SiH2].[O-2].[O-2].[O-2].[Y+3].[Y+3]. The Morgan fingerprint density at radius 1 is 0.556 bits per heavy atom. The summed E-state index contributed by atoms with van der Waals surface area (Å²) in [5.41, 5.74) is 0. The normalized spacial score (nSPS) is 0.889. The van der Waals surface area contributed by atoms with Crippen molar-refractivity contribution in [2.75, 3.05) is 0 Å². The van der Waals surface area contributed by atoms with Gasteiger partial charge in [0.25, 0.3) is 0 Å². The van der Waals surface area contributed by atoms with E-state index in [1.807, 2.05) is 0 Å². The average Bonchev–Trinajstić information content (AvgIpc) is 1.50. The molecule has 9 heavy (non-hydrogen) atoms. The first-order chi connectivity index (χ1) is 2.00. The molecular weight excluding hydrogens is 314 g/mol. The smallest absolute Gasteiger partial charge is 2.00 e. The van der Waals surface area contributed by atoms with Crippen LogP contribution in [0.1, 0.15) is 0 Å². The molecule has 48 valence electrons. The van der Waals surface area contributed by atoms with E-state index in [4.69, 9.17) is 8.92 Å². The van der Waals surface area contributed by atoms with E-state index in [1.54, 1.807) is 0 Å². The maximum atomic E-state index is 8.28. The van der Waals surface area contributed by atoms with Crippen molar-refractivity contribution in [3.63, 3.8) is 0 Å². The van der Waals surface area contributed by atoms with E-state index in [9.17, 15) is 0 Å². The van der Waals surface area contributed by atoms with Crippen molar-refractivity contribution in [2.45, 2.75) is 0 Å². The molecule has 0 radical (unpaired) electrons. The first kappa shape index (κ1) is 67.1. The summed E-state index contributed by atoms with van der Waals surface area (Å²) in [6, 6.07) is 0. The van der Waals surface area contributed by atoms with E-state index in [1.165, 1.54) is 0 Å². The fourth-order valence-corrected chi connectivity index (χ4v) is 0. The van der Waals surface area contributed by atoms with Crippen molar-refractivity contribution in [1.29, 1.82) is 0 Å². The number of rotatable bonds is 0. The van der Waals surface area contributed by atoms with Gasteiger partial charge in [-0.3, -0.25) is 0 Å². The summed E-state index contributed by atoms with van der Waals surface area (Å²) >= 11 is 0. The van der Waals surface area contributed by atoms with Crippen LogP contribution in [0.15, 0.2) is 0 Å². The largest absolute Gasteiger partial charge is 3.00 e. The van der Waals surface area contributed by atoms with Crippen LogP contribution in [-0.4, -0.2) is 20.3 Å². The molecule has 0 unspecified atom stereocenters. The number of hydrogen-bond acceptors (Lipinski definition) is 2. The van der Waals surface area contributed by atoms with Gasteiger partial charge >= 0.3 is 65.4 Å². The second-order valence-corrected chi connectivity index (χ2v) is 0. The van der Waals surface area contributed by atoms with Gasteiger partial charge in [0.15, 0.2) is 0 Å². The van der Waals surface area contributed by atoms with Crippen LogP contribution in [0.3, 0.4) is 0 Å². The van der Waals surface area contributed by atoms with Crippen LogP contribution >= 0.6 is 0 Å². The van der Waals surface area contributed by atoms with Gasteiger partial charge in [-0.25, -0.2) is 0 Å². The van der Waals surface area contributed by atoms with Gasteiger partial charge in [-0.15, -0.1) is 0 Å². The van der Waals surface area contributed by atoms with Gasteiger partial charge in [-0.1, -0.05) is 0 Å². The molecule has 0 fully saturated rings. The molecule has 0 bridgehead atoms. The minimum absolute atomic E-state index is 0. The third-order valence-electron chi connectivity index (χ3n) is 0. The van der Waals surface area contributed by atoms with E-state index >= 15 is 0 Å². The molecule has 0 rings (SSSR count). The first-order valence-corrected chi connectivity index (χ1v) is 1.73. The Bertz CT molecular complexity index is 14.9. The van der Waals surface area contributed by atoms with E-state index < -0.39 is 0 Å². The Morgan fingerprint density at radius 2 is 0.556 bits per heavy atom. The van der Waals surface area contributed by atoms with E-state index in [2.05, 4.69) is 0 Å². The standard InChI is InChI=1S/2H2OSi.3O.2Y/c2*1-2;;;;;/h2*2H2;;;;;/q;;3*-2;2*+3. The molecule has 0 spiro atoms. The van der Waals surface area contributed by atoms with E-state index in [-0.39, 0.29) is 81.8 Å². The molecule has 0 aromatic rings. The molecule has 0 aliphatic rings. The van der Waals surface area contributed by atoms with Gasteiger partial charge in [0.1, 0.15) is 0 Å². The molecule has 5 nitrogen and oxygen atoms in total. The molecule has 0 heterocycles. The first-order valence-electron chi connectivity index (χ1n) is 0.577. The summed E-state index contributed by atoms with van der Waals surface area (Å²) in [5.74, 6) is 0. The second kappa shape index (κ2) is 187. The quantitative estimate of drug-likeness (QED) is 0.461. The molecule has 0 aromatic heterocycles. The van der Waals surface area contributed by atoms with Crippen LogP contribution in [0.5, 0.6) is 0 Å². The summed E-state index contributed by atoms with van der Waals surface area (Å²) in [6.45, 7) is 0. The third-order valence-corrected chi connectivity index (χ3v) is 0. The van der Waals surface area contributed by atoms with Crippen LogP contribution in [0, 0.1) is 0 Å². The molecule has 0 N–H and O–H groups in total. The molecule has 0 saturated carbocycles. The van der Waals surface area contributed by atoms with Crippen molar-refractivity contribution >= 4 is 20.3 Å². The molecule has 0 atom stereocenters. The summed E-state index contributed by atoms with van der Waals surface area (Å²) in [7, 11) is 1.22.